The zero-order chi connectivity index (χ0) is 10.5. The lowest BCUT2D eigenvalue weighted by Gasteiger charge is -2.03. The van der Waals surface area contributed by atoms with Crippen molar-refractivity contribution >= 4 is 12.4 Å². The smallest absolute Gasteiger partial charge is 0.0346 e. The van der Waals surface area contributed by atoms with Gasteiger partial charge in [-0.15, -0.1) is 12.4 Å². The SMILES string of the molecule is CNCc1ccc(-c2cccnc2)cc1.Cl. The van der Waals surface area contributed by atoms with Crippen molar-refractivity contribution in [1.82, 2.24) is 10.3 Å². The van der Waals surface area contributed by atoms with Crippen LogP contribution in [-0.2, 0) is 6.54 Å². The van der Waals surface area contributed by atoms with Crippen LogP contribution in [0.25, 0.3) is 11.1 Å². The molecule has 0 unspecified atom stereocenters. The summed E-state index contributed by atoms with van der Waals surface area (Å²) in [7, 11) is 1.95. The van der Waals surface area contributed by atoms with Gasteiger partial charge in [-0.3, -0.25) is 4.98 Å². The van der Waals surface area contributed by atoms with E-state index in [1.165, 1.54) is 11.1 Å². The predicted octanol–water partition coefficient (Wildman–Crippen LogP) is 2.89. The lowest BCUT2D eigenvalue weighted by atomic mass is 10.1. The Morgan fingerprint density at radius 1 is 1.06 bits per heavy atom. The maximum absolute atomic E-state index is 4.11. The van der Waals surface area contributed by atoms with Crippen LogP contribution >= 0.6 is 12.4 Å². The molecule has 2 rings (SSSR count). The molecule has 0 spiro atoms. The van der Waals surface area contributed by atoms with E-state index in [2.05, 4.69) is 40.6 Å². The lowest BCUT2D eigenvalue weighted by molar-refractivity contribution is 0.818. The quantitative estimate of drug-likeness (QED) is 0.884. The molecule has 0 aliphatic heterocycles. The molecule has 1 heterocycles. The molecular weight excluding hydrogens is 220 g/mol. The first-order chi connectivity index (χ1) is 7.40. The molecular formula is C13H15ClN2. The van der Waals surface area contributed by atoms with E-state index in [4.69, 9.17) is 0 Å². The van der Waals surface area contributed by atoms with Gasteiger partial charge in [-0.05, 0) is 29.8 Å². The monoisotopic (exact) mass is 234 g/mol. The Morgan fingerprint density at radius 3 is 2.38 bits per heavy atom. The second-order valence-corrected chi connectivity index (χ2v) is 3.47. The van der Waals surface area contributed by atoms with Gasteiger partial charge in [0.1, 0.15) is 0 Å². The van der Waals surface area contributed by atoms with Gasteiger partial charge in [0.25, 0.3) is 0 Å². The van der Waals surface area contributed by atoms with E-state index in [1.807, 2.05) is 19.3 Å². The van der Waals surface area contributed by atoms with E-state index in [1.54, 1.807) is 6.20 Å². The standard InChI is InChI=1S/C13H14N2.ClH/c1-14-9-11-4-6-12(7-5-11)13-3-2-8-15-10-13;/h2-8,10,14H,9H2,1H3;1H. The average molecular weight is 235 g/mol. The first kappa shape index (κ1) is 12.7. The van der Waals surface area contributed by atoms with E-state index >= 15 is 0 Å². The van der Waals surface area contributed by atoms with Gasteiger partial charge >= 0.3 is 0 Å². The number of aromatic nitrogens is 1. The third-order valence-corrected chi connectivity index (χ3v) is 2.33. The molecule has 3 heteroatoms. The molecule has 0 saturated carbocycles. The van der Waals surface area contributed by atoms with Gasteiger partial charge in [0.15, 0.2) is 0 Å². The van der Waals surface area contributed by atoms with Crippen LogP contribution < -0.4 is 5.32 Å². The van der Waals surface area contributed by atoms with Gasteiger partial charge < -0.3 is 5.32 Å². The summed E-state index contributed by atoms with van der Waals surface area (Å²) in [5, 5.41) is 3.13. The number of hydrogen-bond acceptors (Lipinski definition) is 2. The van der Waals surface area contributed by atoms with Gasteiger partial charge in [-0.1, -0.05) is 30.3 Å². The third-order valence-electron chi connectivity index (χ3n) is 2.33. The summed E-state index contributed by atoms with van der Waals surface area (Å²) in [4.78, 5) is 4.11. The number of halogens is 1. The summed E-state index contributed by atoms with van der Waals surface area (Å²) in [6.45, 7) is 0.910. The van der Waals surface area contributed by atoms with E-state index in [9.17, 15) is 0 Å². The highest BCUT2D eigenvalue weighted by Gasteiger charge is 1.96. The normalized spacial score (nSPS) is 9.56. The molecule has 1 aromatic carbocycles. The fourth-order valence-corrected chi connectivity index (χ4v) is 1.55. The van der Waals surface area contributed by atoms with Crippen molar-refractivity contribution in [2.75, 3.05) is 7.05 Å². The van der Waals surface area contributed by atoms with E-state index < -0.39 is 0 Å². The Bertz CT molecular complexity index is 412. The molecule has 2 aromatic rings. The van der Waals surface area contributed by atoms with E-state index in [0.29, 0.717) is 0 Å². The van der Waals surface area contributed by atoms with Crippen molar-refractivity contribution < 1.29 is 0 Å². The number of rotatable bonds is 3. The van der Waals surface area contributed by atoms with Crippen LogP contribution in [0.4, 0.5) is 0 Å². The fraction of sp³-hybridized carbons (Fsp3) is 0.154. The van der Waals surface area contributed by atoms with Gasteiger partial charge in [-0.25, -0.2) is 0 Å². The first-order valence-electron chi connectivity index (χ1n) is 5.04. The minimum atomic E-state index is 0. The van der Waals surface area contributed by atoms with Gasteiger partial charge in [0.05, 0.1) is 0 Å². The maximum Gasteiger partial charge on any atom is 0.0346 e. The Balaban J connectivity index is 0.00000128. The summed E-state index contributed by atoms with van der Waals surface area (Å²) >= 11 is 0. The van der Waals surface area contributed by atoms with E-state index in [-0.39, 0.29) is 12.4 Å². The van der Waals surface area contributed by atoms with Crippen LogP contribution in [-0.4, -0.2) is 12.0 Å². The highest BCUT2D eigenvalue weighted by Crippen LogP contribution is 2.18. The van der Waals surface area contributed by atoms with Crippen LogP contribution in [0, 0.1) is 0 Å². The minimum absolute atomic E-state index is 0. The van der Waals surface area contributed by atoms with Crippen LogP contribution in [0.5, 0.6) is 0 Å². The van der Waals surface area contributed by atoms with Crippen molar-refractivity contribution in [3.05, 3.63) is 54.4 Å². The summed E-state index contributed by atoms with van der Waals surface area (Å²) in [5.41, 5.74) is 3.67. The van der Waals surface area contributed by atoms with Crippen LogP contribution in [0.1, 0.15) is 5.56 Å². The molecule has 0 amide bonds. The highest BCUT2D eigenvalue weighted by atomic mass is 35.5. The molecule has 0 bridgehead atoms. The largest absolute Gasteiger partial charge is 0.316 e. The Morgan fingerprint density at radius 2 is 1.81 bits per heavy atom. The molecule has 84 valence electrons. The van der Waals surface area contributed by atoms with Gasteiger partial charge in [0.2, 0.25) is 0 Å². The summed E-state index contributed by atoms with van der Waals surface area (Å²) in [5.74, 6) is 0. The number of nitrogens with zero attached hydrogens (tertiary/aromatic N) is 1. The second-order valence-electron chi connectivity index (χ2n) is 3.47. The van der Waals surface area contributed by atoms with Crippen molar-refractivity contribution in [2.45, 2.75) is 6.54 Å². The number of benzene rings is 1. The lowest BCUT2D eigenvalue weighted by Crippen LogP contribution is -2.04. The summed E-state index contributed by atoms with van der Waals surface area (Å²) < 4.78 is 0. The number of nitrogens with one attached hydrogen (secondary N) is 1. The van der Waals surface area contributed by atoms with Crippen LogP contribution in [0.2, 0.25) is 0 Å². The first-order valence-corrected chi connectivity index (χ1v) is 5.04. The average Bonchev–Trinajstić information content (AvgIpc) is 2.32. The van der Waals surface area contributed by atoms with Crippen molar-refractivity contribution in [2.24, 2.45) is 0 Å². The molecule has 0 aliphatic carbocycles. The molecule has 0 atom stereocenters. The molecule has 2 nitrogen and oxygen atoms in total. The molecule has 16 heavy (non-hydrogen) atoms. The highest BCUT2D eigenvalue weighted by molar-refractivity contribution is 5.85. The topological polar surface area (TPSA) is 24.9 Å². The number of hydrogen-bond donors (Lipinski definition) is 1. The predicted molar refractivity (Wildman–Crippen MR) is 69.7 cm³/mol. The third kappa shape index (κ3) is 3.05. The zero-order valence-corrected chi connectivity index (χ0v) is 10.00. The maximum atomic E-state index is 4.11. The Hall–Kier alpha value is -1.38. The minimum Gasteiger partial charge on any atom is -0.316 e. The molecule has 0 fully saturated rings. The Kier molecular flexibility index (Phi) is 4.96. The number of pyridine rings is 1. The van der Waals surface area contributed by atoms with Crippen molar-refractivity contribution in [3.63, 3.8) is 0 Å². The molecule has 0 saturated heterocycles. The molecule has 0 aliphatic rings. The summed E-state index contributed by atoms with van der Waals surface area (Å²) in [6, 6.07) is 12.6. The molecule has 0 radical (unpaired) electrons. The van der Waals surface area contributed by atoms with Gasteiger partial charge in [-0.2, -0.15) is 0 Å². The van der Waals surface area contributed by atoms with E-state index in [0.717, 1.165) is 12.1 Å². The van der Waals surface area contributed by atoms with Crippen LogP contribution in [0.15, 0.2) is 48.8 Å². The second kappa shape index (κ2) is 6.26. The van der Waals surface area contributed by atoms with Crippen molar-refractivity contribution in [3.8, 4) is 11.1 Å². The zero-order valence-electron chi connectivity index (χ0n) is 9.18. The van der Waals surface area contributed by atoms with Gasteiger partial charge in [0, 0.05) is 18.9 Å². The molecule has 1 N–H and O–H groups in total. The summed E-state index contributed by atoms with van der Waals surface area (Å²) in [6.07, 6.45) is 3.67. The molecule has 1 aromatic heterocycles. The van der Waals surface area contributed by atoms with Crippen molar-refractivity contribution in [1.29, 1.82) is 0 Å². The fourth-order valence-electron chi connectivity index (χ4n) is 1.55. The van der Waals surface area contributed by atoms with Crippen LogP contribution in [0.3, 0.4) is 0 Å². The Labute approximate surface area is 102 Å².